The van der Waals surface area contributed by atoms with Crippen LogP contribution in [0.1, 0.15) is 64.1 Å². The Morgan fingerprint density at radius 3 is 2.75 bits per heavy atom. The largest absolute Gasteiger partial charge is 0.377 e. The molecule has 0 bridgehead atoms. The molecule has 1 aliphatic carbocycles. The molecule has 0 spiro atoms. The average molecular weight is 279 g/mol. The Balaban J connectivity index is 1.98. The van der Waals surface area contributed by atoms with Gasteiger partial charge in [0.15, 0.2) is 0 Å². The summed E-state index contributed by atoms with van der Waals surface area (Å²) in [6.45, 7) is 4.19. The van der Waals surface area contributed by atoms with Crippen LogP contribution in [0.3, 0.4) is 0 Å². The Morgan fingerprint density at radius 1 is 1.45 bits per heavy atom. The summed E-state index contributed by atoms with van der Waals surface area (Å²) in [7, 11) is 1.74. The lowest BCUT2D eigenvalue weighted by Crippen LogP contribution is -2.48. The summed E-state index contributed by atoms with van der Waals surface area (Å²) in [5, 5.41) is 4.74. The van der Waals surface area contributed by atoms with Gasteiger partial charge in [-0.2, -0.15) is 5.10 Å². The number of rotatable bonds is 6. The fourth-order valence-electron chi connectivity index (χ4n) is 3.03. The molecule has 1 aliphatic rings. The highest BCUT2D eigenvalue weighted by Crippen LogP contribution is 2.28. The highest BCUT2D eigenvalue weighted by molar-refractivity contribution is 5.05. The summed E-state index contributed by atoms with van der Waals surface area (Å²) in [5.74, 6) is 0. The van der Waals surface area contributed by atoms with Crippen molar-refractivity contribution in [3.63, 3.8) is 0 Å². The minimum Gasteiger partial charge on any atom is -0.377 e. The van der Waals surface area contributed by atoms with Crippen LogP contribution in [-0.4, -0.2) is 28.5 Å². The Morgan fingerprint density at radius 2 is 2.15 bits per heavy atom. The lowest BCUT2D eigenvalue weighted by atomic mass is 9.90. The number of hydrogen-bond donors (Lipinski definition) is 1. The molecule has 1 aromatic rings. The van der Waals surface area contributed by atoms with Gasteiger partial charge in [-0.25, -0.2) is 0 Å². The van der Waals surface area contributed by atoms with Crippen molar-refractivity contribution < 1.29 is 4.74 Å². The first-order valence-corrected chi connectivity index (χ1v) is 7.94. The number of hydrogen-bond acceptors (Lipinski definition) is 3. The molecule has 1 aromatic heterocycles. The zero-order valence-corrected chi connectivity index (χ0v) is 13.1. The van der Waals surface area contributed by atoms with E-state index in [-0.39, 0.29) is 11.6 Å². The maximum atomic E-state index is 6.32. The van der Waals surface area contributed by atoms with E-state index in [2.05, 4.69) is 30.8 Å². The van der Waals surface area contributed by atoms with E-state index >= 15 is 0 Å². The molecule has 0 radical (unpaired) electrons. The van der Waals surface area contributed by atoms with Gasteiger partial charge in [0, 0.05) is 25.8 Å². The van der Waals surface area contributed by atoms with Gasteiger partial charge in [-0.1, -0.05) is 26.2 Å². The molecular weight excluding hydrogens is 250 g/mol. The molecule has 0 amide bonds. The third-order valence-corrected chi connectivity index (χ3v) is 4.99. The average Bonchev–Trinajstić information content (AvgIpc) is 2.95. The first kappa shape index (κ1) is 15.5. The number of ether oxygens (including phenoxy) is 1. The molecule has 20 heavy (non-hydrogen) atoms. The van der Waals surface area contributed by atoms with Crippen LogP contribution in [0.25, 0.3) is 0 Å². The summed E-state index contributed by atoms with van der Waals surface area (Å²) in [6.07, 6.45) is 10.4. The predicted octanol–water partition coefficient (Wildman–Crippen LogP) is 3.07. The second-order valence-corrected chi connectivity index (χ2v) is 6.26. The van der Waals surface area contributed by atoms with Crippen LogP contribution in [-0.2, 0) is 11.2 Å². The summed E-state index contributed by atoms with van der Waals surface area (Å²) in [4.78, 5) is 0. The van der Waals surface area contributed by atoms with Crippen LogP contribution in [0, 0.1) is 0 Å². The molecule has 0 aromatic carbocycles. The van der Waals surface area contributed by atoms with Gasteiger partial charge in [0.2, 0.25) is 0 Å². The van der Waals surface area contributed by atoms with Crippen molar-refractivity contribution in [1.82, 2.24) is 9.78 Å². The van der Waals surface area contributed by atoms with E-state index in [0.717, 1.165) is 18.5 Å². The highest BCUT2D eigenvalue weighted by atomic mass is 16.5. The predicted molar refractivity (Wildman–Crippen MR) is 81.7 cm³/mol. The number of methoxy groups -OCH3 is 1. The van der Waals surface area contributed by atoms with Crippen LogP contribution in [0.4, 0.5) is 0 Å². The van der Waals surface area contributed by atoms with Gasteiger partial charge in [0.1, 0.15) is 0 Å². The zero-order valence-electron chi connectivity index (χ0n) is 13.1. The van der Waals surface area contributed by atoms with Crippen molar-refractivity contribution in [3.8, 4) is 0 Å². The molecule has 1 heterocycles. The van der Waals surface area contributed by atoms with Crippen molar-refractivity contribution in [2.75, 3.05) is 7.11 Å². The van der Waals surface area contributed by atoms with E-state index in [1.807, 2.05) is 0 Å². The second kappa shape index (κ2) is 6.72. The molecule has 4 heteroatoms. The Bertz CT molecular complexity index is 406. The standard InChI is InChI=1S/C16H29N3O/c1-4-16(2,20-3)15(17)12-13-10-11-19(18-13)14-8-6-5-7-9-14/h10-11,14-15H,4-9,12,17H2,1-3H3. The minimum absolute atomic E-state index is 0.0211. The lowest BCUT2D eigenvalue weighted by Gasteiger charge is -2.32. The Kier molecular flexibility index (Phi) is 5.22. The van der Waals surface area contributed by atoms with E-state index in [0.29, 0.717) is 6.04 Å². The Labute approximate surface area is 122 Å². The van der Waals surface area contributed by atoms with Crippen molar-refractivity contribution in [1.29, 1.82) is 0 Å². The maximum absolute atomic E-state index is 6.32. The summed E-state index contributed by atoms with van der Waals surface area (Å²) in [6, 6.07) is 2.68. The lowest BCUT2D eigenvalue weighted by molar-refractivity contribution is -0.0187. The molecule has 1 saturated carbocycles. The number of nitrogens with zero attached hydrogens (tertiary/aromatic N) is 2. The number of aromatic nitrogens is 2. The molecule has 2 unspecified atom stereocenters. The summed E-state index contributed by atoms with van der Waals surface area (Å²) < 4.78 is 7.73. The fourth-order valence-corrected chi connectivity index (χ4v) is 3.03. The normalized spacial score (nSPS) is 21.6. The van der Waals surface area contributed by atoms with Crippen LogP contribution >= 0.6 is 0 Å². The molecule has 1 fully saturated rings. The minimum atomic E-state index is -0.269. The van der Waals surface area contributed by atoms with E-state index in [1.54, 1.807) is 7.11 Å². The fraction of sp³-hybridized carbons (Fsp3) is 0.812. The van der Waals surface area contributed by atoms with Gasteiger partial charge in [0.05, 0.1) is 17.3 Å². The topological polar surface area (TPSA) is 53.1 Å². The molecule has 0 saturated heterocycles. The van der Waals surface area contributed by atoms with Gasteiger partial charge >= 0.3 is 0 Å². The van der Waals surface area contributed by atoms with Crippen LogP contribution in [0.15, 0.2) is 12.3 Å². The number of nitrogens with two attached hydrogens (primary N) is 1. The molecule has 4 nitrogen and oxygen atoms in total. The van der Waals surface area contributed by atoms with E-state index < -0.39 is 0 Å². The van der Waals surface area contributed by atoms with E-state index in [4.69, 9.17) is 15.6 Å². The van der Waals surface area contributed by atoms with Crippen molar-refractivity contribution in [3.05, 3.63) is 18.0 Å². The molecule has 2 rings (SSSR count). The van der Waals surface area contributed by atoms with Crippen LogP contribution in [0.5, 0.6) is 0 Å². The highest BCUT2D eigenvalue weighted by Gasteiger charge is 2.30. The third-order valence-electron chi connectivity index (χ3n) is 4.99. The van der Waals surface area contributed by atoms with Crippen molar-refractivity contribution in [2.45, 2.75) is 76.5 Å². The molecular formula is C16H29N3O. The maximum Gasteiger partial charge on any atom is 0.0802 e. The van der Waals surface area contributed by atoms with Crippen LogP contribution < -0.4 is 5.73 Å². The van der Waals surface area contributed by atoms with Gasteiger partial charge in [-0.15, -0.1) is 0 Å². The molecule has 114 valence electrons. The molecule has 2 N–H and O–H groups in total. The van der Waals surface area contributed by atoms with Gasteiger partial charge < -0.3 is 10.5 Å². The molecule has 0 aliphatic heterocycles. The first-order chi connectivity index (χ1) is 9.59. The van der Waals surface area contributed by atoms with Gasteiger partial charge in [-0.05, 0) is 32.3 Å². The smallest absolute Gasteiger partial charge is 0.0802 e. The molecule has 2 atom stereocenters. The van der Waals surface area contributed by atoms with Gasteiger partial charge in [-0.3, -0.25) is 4.68 Å². The first-order valence-electron chi connectivity index (χ1n) is 7.94. The van der Waals surface area contributed by atoms with E-state index in [1.165, 1.54) is 32.1 Å². The van der Waals surface area contributed by atoms with Gasteiger partial charge in [0.25, 0.3) is 0 Å². The third kappa shape index (κ3) is 3.41. The SMILES string of the molecule is CCC(C)(OC)C(N)Cc1ccn(C2CCCCC2)n1. The second-order valence-electron chi connectivity index (χ2n) is 6.26. The monoisotopic (exact) mass is 279 g/mol. The zero-order chi connectivity index (χ0) is 14.6. The Hall–Kier alpha value is -0.870. The quantitative estimate of drug-likeness (QED) is 0.870. The summed E-state index contributed by atoms with van der Waals surface area (Å²) >= 11 is 0. The summed E-state index contributed by atoms with van der Waals surface area (Å²) in [5.41, 5.74) is 7.13. The van der Waals surface area contributed by atoms with Crippen molar-refractivity contribution in [2.24, 2.45) is 5.73 Å². The van der Waals surface area contributed by atoms with Crippen LogP contribution in [0.2, 0.25) is 0 Å². The van der Waals surface area contributed by atoms with Crippen molar-refractivity contribution >= 4 is 0 Å². The van der Waals surface area contributed by atoms with E-state index in [9.17, 15) is 0 Å².